The number of nitrogens with one attached hydrogen (secondary N) is 1. The highest BCUT2D eigenvalue weighted by atomic mass is 35.5. The van der Waals surface area contributed by atoms with Crippen molar-refractivity contribution in [3.8, 4) is 0 Å². The van der Waals surface area contributed by atoms with Gasteiger partial charge < -0.3 is 9.88 Å². The Bertz CT molecular complexity index is 199. The van der Waals surface area contributed by atoms with E-state index < -0.39 is 0 Å². The predicted octanol–water partition coefficient (Wildman–Crippen LogP) is 1.49. The van der Waals surface area contributed by atoms with Crippen molar-refractivity contribution in [1.29, 1.82) is 0 Å². The van der Waals surface area contributed by atoms with E-state index in [0.29, 0.717) is 0 Å². The van der Waals surface area contributed by atoms with Crippen LogP contribution in [0.4, 0.5) is 0 Å². The van der Waals surface area contributed by atoms with Crippen LogP contribution in [0.1, 0.15) is 12.8 Å². The van der Waals surface area contributed by atoms with Gasteiger partial charge in [0.15, 0.2) is 0 Å². The van der Waals surface area contributed by atoms with Crippen LogP contribution in [0.15, 0.2) is 18.7 Å². The van der Waals surface area contributed by atoms with E-state index in [1.807, 2.05) is 12.5 Å². The second-order valence-corrected chi connectivity index (χ2v) is 3.32. The minimum atomic E-state index is 0.745. The molecule has 0 amide bonds. The average molecular weight is 202 g/mol. The van der Waals surface area contributed by atoms with Crippen LogP contribution in [0.2, 0.25) is 0 Å². The molecule has 13 heavy (non-hydrogen) atoms. The molecule has 1 heterocycles. The molecule has 0 unspecified atom stereocenters. The van der Waals surface area contributed by atoms with E-state index >= 15 is 0 Å². The molecule has 0 saturated heterocycles. The standard InChI is InChI=1S/C9H16ClN3/c10-3-1-4-11-5-2-7-13-8-6-12-9-13/h6,8-9,11H,1-5,7H2. The van der Waals surface area contributed by atoms with Crippen LogP contribution in [-0.4, -0.2) is 28.5 Å². The molecule has 0 atom stereocenters. The number of imidazole rings is 1. The molecule has 0 saturated carbocycles. The quantitative estimate of drug-likeness (QED) is 0.535. The van der Waals surface area contributed by atoms with Crippen molar-refractivity contribution in [2.75, 3.05) is 19.0 Å². The van der Waals surface area contributed by atoms with Crippen molar-refractivity contribution in [1.82, 2.24) is 14.9 Å². The lowest BCUT2D eigenvalue weighted by Gasteiger charge is -2.03. The van der Waals surface area contributed by atoms with Gasteiger partial charge in [0, 0.05) is 24.8 Å². The number of hydrogen-bond donors (Lipinski definition) is 1. The number of rotatable bonds is 7. The molecule has 1 aromatic heterocycles. The summed E-state index contributed by atoms with van der Waals surface area (Å²) in [5.41, 5.74) is 0. The summed E-state index contributed by atoms with van der Waals surface area (Å²) in [6, 6.07) is 0. The Balaban J connectivity index is 1.90. The van der Waals surface area contributed by atoms with Gasteiger partial charge in [-0.2, -0.15) is 0 Å². The smallest absolute Gasteiger partial charge is 0.0945 e. The third-order valence-corrected chi connectivity index (χ3v) is 2.08. The maximum Gasteiger partial charge on any atom is 0.0945 e. The molecule has 0 aliphatic heterocycles. The van der Waals surface area contributed by atoms with Gasteiger partial charge in [-0.3, -0.25) is 0 Å². The van der Waals surface area contributed by atoms with Crippen LogP contribution >= 0.6 is 11.6 Å². The first-order valence-corrected chi connectivity index (χ1v) is 5.19. The molecule has 0 fully saturated rings. The molecule has 4 heteroatoms. The van der Waals surface area contributed by atoms with Crippen LogP contribution in [0, 0.1) is 0 Å². The molecule has 0 bridgehead atoms. The summed E-state index contributed by atoms with van der Waals surface area (Å²) in [7, 11) is 0. The Morgan fingerprint density at radius 1 is 1.31 bits per heavy atom. The predicted molar refractivity (Wildman–Crippen MR) is 55.1 cm³/mol. The first-order chi connectivity index (χ1) is 6.43. The van der Waals surface area contributed by atoms with E-state index in [1.165, 1.54) is 0 Å². The second kappa shape index (κ2) is 6.92. The summed E-state index contributed by atoms with van der Waals surface area (Å²) in [6.45, 7) is 3.11. The van der Waals surface area contributed by atoms with Crippen molar-refractivity contribution in [2.24, 2.45) is 0 Å². The van der Waals surface area contributed by atoms with Gasteiger partial charge in [0.25, 0.3) is 0 Å². The average Bonchev–Trinajstić information content (AvgIpc) is 2.63. The lowest BCUT2D eigenvalue weighted by atomic mass is 10.4. The Labute approximate surface area is 84.1 Å². The molecular weight excluding hydrogens is 186 g/mol. The fraction of sp³-hybridized carbons (Fsp3) is 0.667. The molecule has 1 N–H and O–H groups in total. The van der Waals surface area contributed by atoms with E-state index in [-0.39, 0.29) is 0 Å². The molecule has 1 aromatic rings. The van der Waals surface area contributed by atoms with Gasteiger partial charge in [0.05, 0.1) is 6.33 Å². The second-order valence-electron chi connectivity index (χ2n) is 2.95. The molecule has 0 spiro atoms. The number of alkyl halides is 1. The third-order valence-electron chi connectivity index (χ3n) is 1.82. The highest BCUT2D eigenvalue weighted by molar-refractivity contribution is 6.17. The molecule has 0 aliphatic carbocycles. The highest BCUT2D eigenvalue weighted by Gasteiger charge is 1.90. The molecule has 0 radical (unpaired) electrons. The van der Waals surface area contributed by atoms with Crippen LogP contribution in [0.3, 0.4) is 0 Å². The first-order valence-electron chi connectivity index (χ1n) is 4.66. The third kappa shape index (κ3) is 4.90. The monoisotopic (exact) mass is 201 g/mol. The van der Waals surface area contributed by atoms with Gasteiger partial charge in [-0.05, 0) is 25.9 Å². The van der Waals surface area contributed by atoms with E-state index in [2.05, 4.69) is 14.9 Å². The first kappa shape index (κ1) is 10.5. The molecular formula is C9H16ClN3. The zero-order chi connectivity index (χ0) is 9.36. The van der Waals surface area contributed by atoms with E-state index in [1.54, 1.807) is 6.20 Å². The number of halogens is 1. The van der Waals surface area contributed by atoms with Crippen molar-refractivity contribution in [3.05, 3.63) is 18.7 Å². The Morgan fingerprint density at radius 3 is 2.85 bits per heavy atom. The Kier molecular flexibility index (Phi) is 5.61. The molecule has 1 rings (SSSR count). The van der Waals surface area contributed by atoms with Gasteiger partial charge >= 0.3 is 0 Å². The summed E-state index contributed by atoms with van der Waals surface area (Å²) >= 11 is 5.54. The van der Waals surface area contributed by atoms with E-state index in [0.717, 1.165) is 38.4 Å². The van der Waals surface area contributed by atoms with Crippen LogP contribution in [-0.2, 0) is 6.54 Å². The fourth-order valence-corrected chi connectivity index (χ4v) is 1.26. The normalized spacial score (nSPS) is 10.5. The molecule has 0 aromatic carbocycles. The summed E-state index contributed by atoms with van der Waals surface area (Å²) in [5.74, 6) is 0.745. The zero-order valence-corrected chi connectivity index (χ0v) is 8.50. The van der Waals surface area contributed by atoms with Gasteiger partial charge in [-0.25, -0.2) is 4.98 Å². The summed E-state index contributed by atoms with van der Waals surface area (Å²) in [6.07, 6.45) is 7.82. The van der Waals surface area contributed by atoms with Crippen LogP contribution < -0.4 is 5.32 Å². The summed E-state index contributed by atoms with van der Waals surface area (Å²) in [5, 5.41) is 3.33. The zero-order valence-electron chi connectivity index (χ0n) is 7.75. The molecule has 0 aliphatic rings. The van der Waals surface area contributed by atoms with E-state index in [4.69, 9.17) is 11.6 Å². The SMILES string of the molecule is ClCCCNCCCn1ccnc1. The van der Waals surface area contributed by atoms with Gasteiger partial charge in [0.1, 0.15) is 0 Å². The minimum absolute atomic E-state index is 0.745. The lowest BCUT2D eigenvalue weighted by Crippen LogP contribution is -2.18. The van der Waals surface area contributed by atoms with Gasteiger partial charge in [-0.1, -0.05) is 0 Å². The molecule has 3 nitrogen and oxygen atoms in total. The van der Waals surface area contributed by atoms with Crippen LogP contribution in [0.5, 0.6) is 0 Å². The maximum atomic E-state index is 5.54. The van der Waals surface area contributed by atoms with Gasteiger partial charge in [-0.15, -0.1) is 11.6 Å². The molecule has 74 valence electrons. The largest absolute Gasteiger partial charge is 0.337 e. The number of hydrogen-bond acceptors (Lipinski definition) is 2. The van der Waals surface area contributed by atoms with Gasteiger partial charge in [0.2, 0.25) is 0 Å². The van der Waals surface area contributed by atoms with E-state index in [9.17, 15) is 0 Å². The van der Waals surface area contributed by atoms with Crippen molar-refractivity contribution in [2.45, 2.75) is 19.4 Å². The summed E-state index contributed by atoms with van der Waals surface area (Å²) in [4.78, 5) is 3.98. The fourth-order valence-electron chi connectivity index (χ4n) is 1.12. The minimum Gasteiger partial charge on any atom is -0.337 e. The Hall–Kier alpha value is -0.540. The van der Waals surface area contributed by atoms with Crippen molar-refractivity contribution < 1.29 is 0 Å². The van der Waals surface area contributed by atoms with Crippen LogP contribution in [0.25, 0.3) is 0 Å². The van der Waals surface area contributed by atoms with Crippen molar-refractivity contribution >= 4 is 11.6 Å². The lowest BCUT2D eigenvalue weighted by molar-refractivity contribution is 0.579. The number of aromatic nitrogens is 2. The van der Waals surface area contributed by atoms with Crippen molar-refractivity contribution in [3.63, 3.8) is 0 Å². The maximum absolute atomic E-state index is 5.54. The highest BCUT2D eigenvalue weighted by Crippen LogP contribution is 1.89. The Morgan fingerprint density at radius 2 is 2.15 bits per heavy atom. The number of aryl methyl sites for hydroxylation is 1. The number of nitrogens with zero attached hydrogens (tertiary/aromatic N) is 2. The topological polar surface area (TPSA) is 29.9 Å². The summed E-state index contributed by atoms with van der Waals surface area (Å²) < 4.78 is 2.09.